The summed E-state index contributed by atoms with van der Waals surface area (Å²) in [7, 11) is 0. The number of carbonyl (C=O) groups excluding carboxylic acids is 3. The molecular weight excluding hydrogens is 286 g/mol. The number of ketones is 1. The minimum Gasteiger partial charge on any atom is -0.509 e. The van der Waals surface area contributed by atoms with Gasteiger partial charge in [-0.15, -0.1) is 0 Å². The van der Waals surface area contributed by atoms with Crippen LogP contribution in [0.1, 0.15) is 19.3 Å². The molecule has 1 amide bonds. The highest BCUT2D eigenvalue weighted by molar-refractivity contribution is 6.13. The van der Waals surface area contributed by atoms with E-state index in [-0.39, 0.29) is 35.5 Å². The number of piperazine rings is 1. The molecule has 0 aromatic rings. The van der Waals surface area contributed by atoms with Crippen LogP contribution < -0.4 is 0 Å². The molecule has 4 rings (SSSR count). The standard InChI is InChI=1S/C15H17N3O4/c19-8-9-5-16-7-13-17-3-1-2-10(17)6-18(13)15(22)14(16)12(21)4-11(9)20/h5,8,10,13,21H,1-4,6-7H2. The highest BCUT2D eigenvalue weighted by atomic mass is 16.3. The molecule has 4 aliphatic rings. The SMILES string of the molecule is O=CC1=CN2CC3N(CC4CCCN43)C(=O)C2=C(O)CC1=O. The number of rotatable bonds is 1. The molecule has 4 heterocycles. The van der Waals surface area contributed by atoms with Crippen molar-refractivity contribution in [2.75, 3.05) is 19.6 Å². The molecule has 2 unspecified atom stereocenters. The van der Waals surface area contributed by atoms with Gasteiger partial charge in [-0.2, -0.15) is 0 Å². The fourth-order valence-electron chi connectivity index (χ4n) is 4.00. The van der Waals surface area contributed by atoms with Crippen LogP contribution in [0.4, 0.5) is 0 Å². The zero-order chi connectivity index (χ0) is 15.4. The zero-order valence-electron chi connectivity index (χ0n) is 12.1. The molecule has 0 bridgehead atoms. The second-order valence-corrected chi connectivity index (χ2v) is 6.22. The Morgan fingerprint density at radius 3 is 2.86 bits per heavy atom. The smallest absolute Gasteiger partial charge is 0.275 e. The highest BCUT2D eigenvalue weighted by Gasteiger charge is 2.49. The lowest BCUT2D eigenvalue weighted by atomic mass is 10.1. The van der Waals surface area contributed by atoms with Crippen molar-refractivity contribution in [2.24, 2.45) is 0 Å². The summed E-state index contributed by atoms with van der Waals surface area (Å²) >= 11 is 0. The molecule has 116 valence electrons. The largest absolute Gasteiger partial charge is 0.509 e. The van der Waals surface area contributed by atoms with Crippen LogP contribution in [-0.4, -0.2) is 69.6 Å². The molecule has 1 N–H and O–H groups in total. The van der Waals surface area contributed by atoms with Crippen molar-refractivity contribution in [1.29, 1.82) is 0 Å². The number of Topliss-reactive ketones (excluding diaryl/α,β-unsaturated/α-hetero) is 1. The van der Waals surface area contributed by atoms with Gasteiger partial charge in [-0.05, 0) is 12.8 Å². The molecule has 7 nitrogen and oxygen atoms in total. The average Bonchev–Trinajstić information content (AvgIpc) is 3.03. The molecule has 0 aromatic heterocycles. The monoisotopic (exact) mass is 303 g/mol. The highest BCUT2D eigenvalue weighted by Crippen LogP contribution is 2.36. The van der Waals surface area contributed by atoms with Crippen LogP contribution in [-0.2, 0) is 14.4 Å². The number of aliphatic hydroxyl groups excluding tert-OH is 1. The summed E-state index contributed by atoms with van der Waals surface area (Å²) in [5, 5.41) is 10.2. The fourth-order valence-corrected chi connectivity index (χ4v) is 4.00. The molecule has 0 radical (unpaired) electrons. The van der Waals surface area contributed by atoms with Crippen molar-refractivity contribution in [3.8, 4) is 0 Å². The van der Waals surface area contributed by atoms with Crippen molar-refractivity contribution in [3.05, 3.63) is 23.2 Å². The van der Waals surface area contributed by atoms with Crippen molar-refractivity contribution in [3.63, 3.8) is 0 Å². The first-order valence-corrected chi connectivity index (χ1v) is 7.56. The van der Waals surface area contributed by atoms with Gasteiger partial charge in [0.15, 0.2) is 12.1 Å². The Labute approximate surface area is 127 Å². The lowest BCUT2D eigenvalue weighted by Gasteiger charge is -2.40. The normalized spacial score (nSPS) is 31.7. The van der Waals surface area contributed by atoms with E-state index in [0.717, 1.165) is 19.4 Å². The van der Waals surface area contributed by atoms with Crippen LogP contribution in [0.2, 0.25) is 0 Å². The fraction of sp³-hybridized carbons (Fsp3) is 0.533. The van der Waals surface area contributed by atoms with E-state index in [9.17, 15) is 19.5 Å². The summed E-state index contributed by atoms with van der Waals surface area (Å²) in [5.41, 5.74) is 0.140. The number of aldehydes is 1. The Balaban J connectivity index is 1.75. The predicted octanol–water partition coefficient (Wildman–Crippen LogP) is -0.240. The van der Waals surface area contributed by atoms with Gasteiger partial charge in [0, 0.05) is 25.3 Å². The van der Waals surface area contributed by atoms with Crippen LogP contribution in [0.15, 0.2) is 23.2 Å². The molecule has 0 saturated carbocycles. The van der Waals surface area contributed by atoms with Gasteiger partial charge in [0.2, 0.25) is 0 Å². The van der Waals surface area contributed by atoms with Crippen molar-refractivity contribution < 1.29 is 19.5 Å². The van der Waals surface area contributed by atoms with Gasteiger partial charge in [0.1, 0.15) is 17.6 Å². The Morgan fingerprint density at radius 1 is 1.27 bits per heavy atom. The number of amides is 1. The topological polar surface area (TPSA) is 81.2 Å². The molecule has 3 saturated heterocycles. The summed E-state index contributed by atoms with van der Waals surface area (Å²) < 4.78 is 0. The first-order chi connectivity index (χ1) is 10.6. The van der Waals surface area contributed by atoms with Gasteiger partial charge in [0.25, 0.3) is 5.91 Å². The molecule has 7 heteroatoms. The maximum atomic E-state index is 12.7. The number of fused-ring (bicyclic) bond motifs is 4. The van der Waals surface area contributed by atoms with E-state index in [1.807, 2.05) is 0 Å². The van der Waals surface area contributed by atoms with Crippen molar-refractivity contribution >= 4 is 18.0 Å². The lowest BCUT2D eigenvalue weighted by Crippen LogP contribution is -2.55. The summed E-state index contributed by atoms with van der Waals surface area (Å²) in [6.07, 6.45) is 3.77. The third kappa shape index (κ3) is 1.75. The minimum atomic E-state index is -0.457. The first kappa shape index (κ1) is 13.5. The van der Waals surface area contributed by atoms with E-state index in [2.05, 4.69) is 4.90 Å². The van der Waals surface area contributed by atoms with Gasteiger partial charge in [-0.25, -0.2) is 0 Å². The molecule has 0 spiro atoms. The number of allylic oxidation sites excluding steroid dienone is 2. The third-order valence-corrected chi connectivity index (χ3v) is 5.03. The van der Waals surface area contributed by atoms with Crippen LogP contribution in [0, 0.1) is 0 Å². The van der Waals surface area contributed by atoms with Crippen LogP contribution in [0.25, 0.3) is 0 Å². The zero-order valence-corrected chi connectivity index (χ0v) is 12.1. The summed E-state index contributed by atoms with van der Waals surface area (Å²) in [6.45, 7) is 2.11. The summed E-state index contributed by atoms with van der Waals surface area (Å²) in [5.74, 6) is -0.950. The lowest BCUT2D eigenvalue weighted by molar-refractivity contribution is -0.134. The molecular formula is C15H17N3O4. The van der Waals surface area contributed by atoms with Gasteiger partial charge < -0.3 is 14.9 Å². The van der Waals surface area contributed by atoms with E-state index in [0.29, 0.717) is 25.4 Å². The molecule has 22 heavy (non-hydrogen) atoms. The second-order valence-electron chi connectivity index (χ2n) is 6.22. The third-order valence-electron chi connectivity index (χ3n) is 5.03. The molecule has 3 fully saturated rings. The second kappa shape index (κ2) is 4.67. The molecule has 0 aliphatic carbocycles. The molecule has 0 aromatic carbocycles. The Hall–Kier alpha value is -2.15. The first-order valence-electron chi connectivity index (χ1n) is 7.56. The predicted molar refractivity (Wildman–Crippen MR) is 75.4 cm³/mol. The number of aliphatic hydroxyl groups is 1. The van der Waals surface area contributed by atoms with Gasteiger partial charge >= 0.3 is 0 Å². The number of nitrogens with zero attached hydrogens (tertiary/aromatic N) is 3. The van der Waals surface area contributed by atoms with E-state index in [1.165, 1.54) is 6.20 Å². The van der Waals surface area contributed by atoms with E-state index in [4.69, 9.17) is 0 Å². The maximum Gasteiger partial charge on any atom is 0.275 e. The summed E-state index contributed by atoms with van der Waals surface area (Å²) in [4.78, 5) is 41.4. The Morgan fingerprint density at radius 2 is 2.09 bits per heavy atom. The Kier molecular flexibility index (Phi) is 2.87. The van der Waals surface area contributed by atoms with E-state index in [1.54, 1.807) is 9.80 Å². The summed E-state index contributed by atoms with van der Waals surface area (Å²) in [6, 6.07) is 0.386. The maximum absolute atomic E-state index is 12.7. The van der Waals surface area contributed by atoms with Crippen LogP contribution in [0.5, 0.6) is 0 Å². The van der Waals surface area contributed by atoms with Crippen molar-refractivity contribution in [2.45, 2.75) is 31.5 Å². The average molecular weight is 303 g/mol. The van der Waals surface area contributed by atoms with Gasteiger partial charge in [0.05, 0.1) is 18.5 Å². The van der Waals surface area contributed by atoms with Gasteiger partial charge in [-0.3, -0.25) is 19.3 Å². The quantitative estimate of drug-likeness (QED) is 0.532. The Bertz CT molecular complexity index is 639. The molecule has 2 atom stereocenters. The van der Waals surface area contributed by atoms with Gasteiger partial charge in [-0.1, -0.05) is 0 Å². The molecule has 4 aliphatic heterocycles. The van der Waals surface area contributed by atoms with Crippen LogP contribution >= 0.6 is 0 Å². The number of hydrogen-bond acceptors (Lipinski definition) is 6. The van der Waals surface area contributed by atoms with E-state index < -0.39 is 5.78 Å². The number of carbonyl (C=O) groups is 3. The van der Waals surface area contributed by atoms with Crippen LogP contribution in [0.3, 0.4) is 0 Å². The van der Waals surface area contributed by atoms with E-state index >= 15 is 0 Å². The number of hydrogen-bond donors (Lipinski definition) is 1. The van der Waals surface area contributed by atoms with Crippen molar-refractivity contribution in [1.82, 2.24) is 14.7 Å². The minimum absolute atomic E-state index is 0.00114.